The molecule has 6 nitrogen and oxygen atoms in total. The maximum absolute atomic E-state index is 12.2. The van der Waals surface area contributed by atoms with Crippen molar-refractivity contribution in [1.29, 1.82) is 0 Å². The molecule has 1 aromatic heterocycles. The first kappa shape index (κ1) is 16.0. The molecular formula is C15H26N4O2. The molecule has 118 valence electrons. The van der Waals surface area contributed by atoms with E-state index in [1.807, 2.05) is 31.3 Å². The van der Waals surface area contributed by atoms with Crippen molar-refractivity contribution in [2.24, 2.45) is 0 Å². The lowest BCUT2D eigenvalue weighted by Crippen LogP contribution is -2.46. The van der Waals surface area contributed by atoms with E-state index in [-0.39, 0.29) is 11.9 Å². The molecular weight excluding hydrogens is 268 g/mol. The van der Waals surface area contributed by atoms with Crippen molar-refractivity contribution in [3.8, 4) is 0 Å². The summed E-state index contributed by atoms with van der Waals surface area (Å²) < 4.78 is 7.30. The number of carbonyl (C=O) groups excluding carboxylic acids is 1. The van der Waals surface area contributed by atoms with Crippen LogP contribution < -0.4 is 5.32 Å². The number of aromatic nitrogens is 2. The molecule has 0 unspecified atom stereocenters. The zero-order valence-electron chi connectivity index (χ0n) is 13.2. The van der Waals surface area contributed by atoms with Crippen LogP contribution in [0.2, 0.25) is 0 Å². The molecule has 0 aromatic carbocycles. The standard InChI is InChI=1S/C15H26N4O2/c1-12(16-2)15(20)19-7-4-13(5-8-19)14-17-6-9-18(14)10-11-21-3/h6,9,12-13,16H,4-5,7-8,10-11H2,1-3H3/t12-/m0/s1. The summed E-state index contributed by atoms with van der Waals surface area (Å²) in [6.45, 7) is 5.06. The number of nitrogens with one attached hydrogen (secondary N) is 1. The Kier molecular flexibility index (Phi) is 5.76. The van der Waals surface area contributed by atoms with Gasteiger partial charge in [-0.3, -0.25) is 4.79 Å². The summed E-state index contributed by atoms with van der Waals surface area (Å²) in [7, 11) is 3.53. The van der Waals surface area contributed by atoms with Gasteiger partial charge >= 0.3 is 0 Å². The van der Waals surface area contributed by atoms with Gasteiger partial charge in [0.1, 0.15) is 5.82 Å². The highest BCUT2D eigenvalue weighted by molar-refractivity contribution is 5.81. The molecule has 2 heterocycles. The number of methoxy groups -OCH3 is 1. The Bertz CT molecular complexity index is 452. The van der Waals surface area contributed by atoms with Crippen molar-refractivity contribution in [3.05, 3.63) is 18.2 Å². The highest BCUT2D eigenvalue weighted by Crippen LogP contribution is 2.27. The van der Waals surface area contributed by atoms with E-state index >= 15 is 0 Å². The minimum Gasteiger partial charge on any atom is -0.383 e. The number of ether oxygens (including phenoxy) is 1. The van der Waals surface area contributed by atoms with Crippen molar-refractivity contribution in [2.75, 3.05) is 33.9 Å². The summed E-state index contributed by atoms with van der Waals surface area (Å²) in [5, 5.41) is 3.01. The largest absolute Gasteiger partial charge is 0.383 e. The van der Waals surface area contributed by atoms with Gasteiger partial charge < -0.3 is 19.5 Å². The van der Waals surface area contributed by atoms with E-state index < -0.39 is 0 Å². The van der Waals surface area contributed by atoms with E-state index in [0.29, 0.717) is 12.5 Å². The minimum absolute atomic E-state index is 0.106. The number of likely N-dealkylation sites (tertiary alicyclic amines) is 1. The molecule has 6 heteroatoms. The molecule has 0 bridgehead atoms. The van der Waals surface area contributed by atoms with Gasteiger partial charge in [-0.15, -0.1) is 0 Å². The Morgan fingerprint density at radius 1 is 1.52 bits per heavy atom. The van der Waals surface area contributed by atoms with E-state index in [2.05, 4.69) is 14.9 Å². The average Bonchev–Trinajstić information content (AvgIpc) is 3.00. The van der Waals surface area contributed by atoms with E-state index in [1.54, 1.807) is 7.11 Å². The second kappa shape index (κ2) is 7.56. The smallest absolute Gasteiger partial charge is 0.239 e. The Balaban J connectivity index is 1.92. The third-order valence-corrected chi connectivity index (χ3v) is 4.26. The fraction of sp³-hybridized carbons (Fsp3) is 0.733. The molecule has 2 rings (SSSR count). The predicted octanol–water partition coefficient (Wildman–Crippen LogP) is 0.843. The van der Waals surface area contributed by atoms with Crippen molar-refractivity contribution in [2.45, 2.75) is 38.3 Å². The molecule has 1 aromatic rings. The van der Waals surface area contributed by atoms with Crippen LogP contribution in [0.1, 0.15) is 31.5 Å². The van der Waals surface area contributed by atoms with Crippen LogP contribution in [0.25, 0.3) is 0 Å². The first-order valence-electron chi connectivity index (χ1n) is 7.63. The van der Waals surface area contributed by atoms with Gasteiger partial charge in [-0.2, -0.15) is 0 Å². The second-order valence-corrected chi connectivity index (χ2v) is 5.58. The molecule has 0 radical (unpaired) electrons. The number of carbonyl (C=O) groups is 1. The zero-order valence-corrected chi connectivity index (χ0v) is 13.2. The van der Waals surface area contributed by atoms with Crippen LogP contribution >= 0.6 is 0 Å². The normalized spacial score (nSPS) is 18.0. The lowest BCUT2D eigenvalue weighted by atomic mass is 9.95. The summed E-state index contributed by atoms with van der Waals surface area (Å²) in [5.74, 6) is 1.75. The van der Waals surface area contributed by atoms with Crippen LogP contribution in [0, 0.1) is 0 Å². The van der Waals surface area contributed by atoms with Crippen LogP contribution in [-0.4, -0.2) is 60.3 Å². The van der Waals surface area contributed by atoms with E-state index in [9.17, 15) is 4.79 Å². The van der Waals surface area contributed by atoms with Gasteiger partial charge in [0.15, 0.2) is 0 Å². The van der Waals surface area contributed by atoms with Gasteiger partial charge in [-0.1, -0.05) is 0 Å². The van der Waals surface area contributed by atoms with Gasteiger partial charge in [0.25, 0.3) is 0 Å². The predicted molar refractivity (Wildman–Crippen MR) is 81.2 cm³/mol. The third kappa shape index (κ3) is 3.83. The number of hydrogen-bond donors (Lipinski definition) is 1. The van der Waals surface area contributed by atoms with Crippen molar-refractivity contribution in [1.82, 2.24) is 19.8 Å². The van der Waals surface area contributed by atoms with Crippen LogP contribution in [0.15, 0.2) is 12.4 Å². The van der Waals surface area contributed by atoms with E-state index in [0.717, 1.165) is 38.3 Å². The molecule has 1 aliphatic heterocycles. The summed E-state index contributed by atoms with van der Waals surface area (Å²) in [5.41, 5.74) is 0. The summed E-state index contributed by atoms with van der Waals surface area (Å²) in [6, 6.07) is -0.106. The molecule has 0 spiro atoms. The quantitative estimate of drug-likeness (QED) is 0.845. The first-order chi connectivity index (χ1) is 10.2. The maximum Gasteiger partial charge on any atom is 0.239 e. The summed E-state index contributed by atoms with van der Waals surface area (Å²) in [6.07, 6.45) is 5.82. The van der Waals surface area contributed by atoms with Gasteiger partial charge in [0.05, 0.1) is 12.6 Å². The Morgan fingerprint density at radius 2 is 2.24 bits per heavy atom. The Hall–Kier alpha value is -1.40. The fourth-order valence-corrected chi connectivity index (χ4v) is 2.81. The van der Waals surface area contributed by atoms with Gasteiger partial charge in [-0.05, 0) is 26.8 Å². The van der Waals surface area contributed by atoms with Crippen LogP contribution in [0.3, 0.4) is 0 Å². The van der Waals surface area contributed by atoms with Gasteiger partial charge in [-0.25, -0.2) is 4.98 Å². The number of hydrogen-bond acceptors (Lipinski definition) is 4. The molecule has 21 heavy (non-hydrogen) atoms. The number of nitrogens with zero attached hydrogens (tertiary/aromatic N) is 3. The van der Waals surface area contributed by atoms with E-state index in [1.165, 1.54) is 0 Å². The highest BCUT2D eigenvalue weighted by atomic mass is 16.5. The lowest BCUT2D eigenvalue weighted by molar-refractivity contribution is -0.134. The number of likely N-dealkylation sites (N-methyl/N-ethyl adjacent to an activating group) is 1. The van der Waals surface area contributed by atoms with Gasteiger partial charge in [0, 0.05) is 45.1 Å². The number of piperidine rings is 1. The SMILES string of the molecule is CN[C@@H](C)C(=O)N1CCC(c2nccn2CCOC)CC1. The molecule has 1 N–H and O–H groups in total. The minimum atomic E-state index is -0.106. The van der Waals surface area contributed by atoms with Crippen LogP contribution in [0.4, 0.5) is 0 Å². The molecule has 1 aliphatic rings. The molecule has 1 amide bonds. The van der Waals surface area contributed by atoms with Gasteiger partial charge in [0.2, 0.25) is 5.91 Å². The molecule has 1 saturated heterocycles. The summed E-state index contributed by atoms with van der Waals surface area (Å²) >= 11 is 0. The van der Waals surface area contributed by atoms with Crippen LogP contribution in [-0.2, 0) is 16.1 Å². The number of amides is 1. The second-order valence-electron chi connectivity index (χ2n) is 5.58. The molecule has 0 saturated carbocycles. The fourth-order valence-electron chi connectivity index (χ4n) is 2.81. The van der Waals surface area contributed by atoms with Crippen molar-refractivity contribution >= 4 is 5.91 Å². The highest BCUT2D eigenvalue weighted by Gasteiger charge is 2.27. The van der Waals surface area contributed by atoms with Crippen molar-refractivity contribution in [3.63, 3.8) is 0 Å². The third-order valence-electron chi connectivity index (χ3n) is 4.26. The molecule has 1 atom stereocenters. The van der Waals surface area contributed by atoms with Crippen molar-refractivity contribution < 1.29 is 9.53 Å². The number of rotatable bonds is 6. The topological polar surface area (TPSA) is 59.4 Å². The average molecular weight is 294 g/mol. The zero-order chi connectivity index (χ0) is 15.2. The van der Waals surface area contributed by atoms with Crippen LogP contribution in [0.5, 0.6) is 0 Å². The maximum atomic E-state index is 12.2. The lowest BCUT2D eigenvalue weighted by Gasteiger charge is -2.33. The Labute approximate surface area is 126 Å². The first-order valence-corrected chi connectivity index (χ1v) is 7.63. The summed E-state index contributed by atoms with van der Waals surface area (Å²) in [4.78, 5) is 18.6. The molecule has 0 aliphatic carbocycles. The Morgan fingerprint density at radius 3 is 2.86 bits per heavy atom. The molecule has 1 fully saturated rings. The number of imidazole rings is 1. The van der Waals surface area contributed by atoms with E-state index in [4.69, 9.17) is 4.74 Å². The monoisotopic (exact) mass is 294 g/mol.